The van der Waals surface area contributed by atoms with Gasteiger partial charge in [0.25, 0.3) is 0 Å². The lowest BCUT2D eigenvalue weighted by atomic mass is 9.75. The van der Waals surface area contributed by atoms with Gasteiger partial charge in [0.2, 0.25) is 0 Å². The Bertz CT molecular complexity index is 943. The van der Waals surface area contributed by atoms with Crippen LogP contribution in [0, 0.1) is 0 Å². The van der Waals surface area contributed by atoms with Gasteiger partial charge in [-0.1, -0.05) is 49.1 Å². The van der Waals surface area contributed by atoms with Crippen molar-refractivity contribution in [2.45, 2.75) is 25.2 Å². The minimum Gasteiger partial charge on any atom is -0.382 e. The van der Waals surface area contributed by atoms with Gasteiger partial charge in [-0.25, -0.2) is 0 Å². The maximum atomic E-state index is 4.00. The Morgan fingerprint density at radius 1 is 1.00 bits per heavy atom. The molecule has 0 amide bonds. The van der Waals surface area contributed by atoms with Crippen LogP contribution in [0.25, 0.3) is 5.57 Å². The predicted octanol–water partition coefficient (Wildman–Crippen LogP) is 5.09. The first-order chi connectivity index (χ1) is 12.8. The fourth-order valence-corrected chi connectivity index (χ4v) is 5.16. The van der Waals surface area contributed by atoms with Crippen molar-refractivity contribution in [3.8, 4) is 0 Å². The number of fused-ring (bicyclic) bond motifs is 4. The summed E-state index contributed by atoms with van der Waals surface area (Å²) in [6, 6.07) is 13.7. The van der Waals surface area contributed by atoms with Crippen LogP contribution < -0.4 is 10.6 Å². The predicted molar refractivity (Wildman–Crippen MR) is 111 cm³/mol. The number of nitrogens with one attached hydrogen (secondary N) is 2. The summed E-state index contributed by atoms with van der Waals surface area (Å²) in [7, 11) is 0. The zero-order valence-electron chi connectivity index (χ0n) is 15.2. The number of rotatable bonds is 1. The third-order valence-corrected chi connectivity index (χ3v) is 6.19. The SMILES string of the molecule is C=C/C=C1\C(=C/C)c2ccccc2C12Cc1cc3c(cc1C2)NCCN3. The van der Waals surface area contributed by atoms with Crippen LogP contribution in [-0.4, -0.2) is 13.1 Å². The van der Waals surface area contributed by atoms with Crippen molar-refractivity contribution < 1.29 is 0 Å². The molecule has 2 aromatic rings. The molecule has 2 heteroatoms. The van der Waals surface area contributed by atoms with Crippen LogP contribution in [0.5, 0.6) is 0 Å². The molecule has 26 heavy (non-hydrogen) atoms. The topological polar surface area (TPSA) is 24.1 Å². The molecule has 2 N–H and O–H groups in total. The summed E-state index contributed by atoms with van der Waals surface area (Å²) in [5, 5.41) is 7.08. The van der Waals surface area contributed by atoms with E-state index in [9.17, 15) is 0 Å². The molecule has 5 rings (SSSR count). The van der Waals surface area contributed by atoms with Gasteiger partial charge >= 0.3 is 0 Å². The lowest BCUT2D eigenvalue weighted by Gasteiger charge is -2.27. The molecule has 0 saturated carbocycles. The van der Waals surface area contributed by atoms with Crippen molar-refractivity contribution in [2.24, 2.45) is 0 Å². The van der Waals surface area contributed by atoms with Crippen LogP contribution in [0.1, 0.15) is 29.2 Å². The van der Waals surface area contributed by atoms with Gasteiger partial charge in [0.05, 0.1) is 11.4 Å². The minimum atomic E-state index is 0.0406. The number of hydrogen-bond acceptors (Lipinski definition) is 2. The minimum absolute atomic E-state index is 0.0406. The monoisotopic (exact) mass is 340 g/mol. The van der Waals surface area contributed by atoms with E-state index >= 15 is 0 Å². The quantitative estimate of drug-likeness (QED) is 0.755. The van der Waals surface area contributed by atoms with Gasteiger partial charge in [0, 0.05) is 18.5 Å². The van der Waals surface area contributed by atoms with Crippen molar-refractivity contribution in [3.05, 3.63) is 89.0 Å². The Morgan fingerprint density at radius 2 is 1.65 bits per heavy atom. The highest BCUT2D eigenvalue weighted by atomic mass is 15.0. The van der Waals surface area contributed by atoms with Crippen LogP contribution in [0.3, 0.4) is 0 Å². The number of allylic oxidation sites excluding steroid dienone is 5. The summed E-state index contributed by atoms with van der Waals surface area (Å²) in [4.78, 5) is 0. The Labute approximate surface area is 155 Å². The van der Waals surface area contributed by atoms with Gasteiger partial charge in [-0.05, 0) is 65.3 Å². The highest BCUT2D eigenvalue weighted by molar-refractivity contribution is 5.91. The fraction of sp³-hybridized carbons (Fsp3) is 0.250. The average molecular weight is 340 g/mol. The fourth-order valence-electron chi connectivity index (χ4n) is 5.16. The maximum Gasteiger partial charge on any atom is 0.0579 e. The van der Waals surface area contributed by atoms with Crippen molar-refractivity contribution in [3.63, 3.8) is 0 Å². The highest BCUT2D eigenvalue weighted by Crippen LogP contribution is 2.56. The average Bonchev–Trinajstić information content (AvgIpc) is 3.16. The number of benzene rings is 2. The molecule has 3 aliphatic rings. The first-order valence-electron chi connectivity index (χ1n) is 9.50. The summed E-state index contributed by atoms with van der Waals surface area (Å²) in [5.74, 6) is 0. The second-order valence-electron chi connectivity index (χ2n) is 7.52. The van der Waals surface area contributed by atoms with Crippen LogP contribution in [0.4, 0.5) is 11.4 Å². The Balaban J connectivity index is 1.70. The summed E-state index contributed by atoms with van der Waals surface area (Å²) >= 11 is 0. The summed E-state index contributed by atoms with van der Waals surface area (Å²) in [5.41, 5.74) is 11.1. The smallest absolute Gasteiger partial charge is 0.0579 e. The van der Waals surface area contributed by atoms with Crippen LogP contribution in [-0.2, 0) is 18.3 Å². The molecule has 0 bridgehead atoms. The number of anilines is 2. The summed E-state index contributed by atoms with van der Waals surface area (Å²) in [6.07, 6.45) is 8.57. The van der Waals surface area contributed by atoms with Gasteiger partial charge in [-0.15, -0.1) is 0 Å². The van der Waals surface area contributed by atoms with E-state index in [2.05, 4.69) is 72.7 Å². The Hall–Kier alpha value is -2.74. The van der Waals surface area contributed by atoms with E-state index in [4.69, 9.17) is 0 Å². The standard InChI is InChI=1S/C24H24N2/c1-3-7-20-18(4-2)19-8-5-6-9-21(19)24(20)14-16-12-22-23(13-17(16)15-24)26-11-10-25-22/h3-9,12-13,25-26H,1,10-11,14-15H2,2H3/b18-4-,20-7+. The molecule has 2 nitrogen and oxygen atoms in total. The van der Waals surface area contributed by atoms with Crippen molar-refractivity contribution >= 4 is 16.9 Å². The largest absolute Gasteiger partial charge is 0.382 e. The lowest BCUT2D eigenvalue weighted by Crippen LogP contribution is -2.25. The Kier molecular flexibility index (Phi) is 3.36. The van der Waals surface area contributed by atoms with Crippen molar-refractivity contribution in [1.82, 2.24) is 0 Å². The molecule has 2 aliphatic carbocycles. The second-order valence-corrected chi connectivity index (χ2v) is 7.52. The molecule has 0 fully saturated rings. The van der Waals surface area contributed by atoms with Gasteiger partial charge in [0.1, 0.15) is 0 Å². The molecule has 1 heterocycles. The molecule has 0 saturated heterocycles. The second kappa shape index (κ2) is 5.63. The highest BCUT2D eigenvalue weighted by Gasteiger charge is 2.48. The zero-order chi connectivity index (χ0) is 17.7. The van der Waals surface area contributed by atoms with Gasteiger partial charge in [0.15, 0.2) is 0 Å². The molecular formula is C24H24N2. The molecule has 130 valence electrons. The molecule has 0 radical (unpaired) electrons. The summed E-state index contributed by atoms with van der Waals surface area (Å²) in [6.45, 7) is 8.13. The van der Waals surface area contributed by atoms with Crippen molar-refractivity contribution in [1.29, 1.82) is 0 Å². The Morgan fingerprint density at radius 3 is 2.27 bits per heavy atom. The normalized spacial score (nSPS) is 21.9. The van der Waals surface area contributed by atoms with E-state index in [1.807, 2.05) is 6.08 Å². The first-order valence-corrected chi connectivity index (χ1v) is 9.50. The van der Waals surface area contributed by atoms with E-state index < -0.39 is 0 Å². The summed E-state index contributed by atoms with van der Waals surface area (Å²) < 4.78 is 0. The molecule has 0 unspecified atom stereocenters. The first kappa shape index (κ1) is 15.5. The van der Waals surface area contributed by atoms with E-state index in [1.54, 1.807) is 0 Å². The van der Waals surface area contributed by atoms with Gasteiger partial charge in [-0.3, -0.25) is 0 Å². The van der Waals surface area contributed by atoms with E-state index in [1.165, 1.54) is 44.8 Å². The third-order valence-electron chi connectivity index (χ3n) is 6.19. The van der Waals surface area contributed by atoms with E-state index in [0.717, 1.165) is 25.9 Å². The lowest BCUT2D eigenvalue weighted by molar-refractivity contribution is 0.564. The molecule has 1 aliphatic heterocycles. The third kappa shape index (κ3) is 1.99. The molecule has 2 aromatic carbocycles. The molecule has 1 spiro atoms. The van der Waals surface area contributed by atoms with Crippen LogP contribution in [0.2, 0.25) is 0 Å². The van der Waals surface area contributed by atoms with Crippen molar-refractivity contribution in [2.75, 3.05) is 23.7 Å². The number of hydrogen-bond donors (Lipinski definition) is 2. The maximum absolute atomic E-state index is 4.00. The molecule has 0 atom stereocenters. The van der Waals surface area contributed by atoms with Crippen LogP contribution in [0.15, 0.2) is 66.8 Å². The zero-order valence-corrected chi connectivity index (χ0v) is 15.2. The van der Waals surface area contributed by atoms with E-state index in [0.29, 0.717) is 0 Å². The molecular weight excluding hydrogens is 316 g/mol. The van der Waals surface area contributed by atoms with Gasteiger partial charge in [-0.2, -0.15) is 0 Å². The molecule has 0 aromatic heterocycles. The van der Waals surface area contributed by atoms with Gasteiger partial charge < -0.3 is 10.6 Å². The van der Waals surface area contributed by atoms with Crippen LogP contribution >= 0.6 is 0 Å². The van der Waals surface area contributed by atoms with E-state index in [-0.39, 0.29) is 5.41 Å².